The van der Waals surface area contributed by atoms with Crippen molar-refractivity contribution in [3.63, 3.8) is 0 Å². The van der Waals surface area contributed by atoms with Crippen molar-refractivity contribution < 1.29 is 13.6 Å². The second-order valence-electron chi connectivity index (χ2n) is 5.12. The molecule has 0 saturated carbocycles. The molecule has 0 aliphatic rings. The van der Waals surface area contributed by atoms with Gasteiger partial charge in [-0.05, 0) is 24.6 Å². The van der Waals surface area contributed by atoms with E-state index in [1.807, 2.05) is 0 Å². The van der Waals surface area contributed by atoms with Crippen LogP contribution < -0.4 is 5.56 Å². The SMILES string of the molecule is CCC(=O)c1cn(CC)c(=O)c(F)c1Cc1ccc(Br)cc1F. The maximum atomic E-state index is 14.5. The van der Waals surface area contributed by atoms with E-state index in [0.29, 0.717) is 4.47 Å². The topological polar surface area (TPSA) is 39.1 Å². The molecule has 122 valence electrons. The predicted octanol–water partition coefficient (Wildman–Crippen LogP) is 4.09. The van der Waals surface area contributed by atoms with Crippen LogP contribution in [0.3, 0.4) is 0 Å². The number of halogens is 3. The van der Waals surface area contributed by atoms with Crippen LogP contribution in [0.15, 0.2) is 33.7 Å². The first-order chi connectivity index (χ1) is 10.9. The average Bonchev–Trinajstić information content (AvgIpc) is 2.53. The Morgan fingerprint density at radius 2 is 1.96 bits per heavy atom. The summed E-state index contributed by atoms with van der Waals surface area (Å²) in [6, 6.07) is 4.40. The molecule has 0 fully saturated rings. The summed E-state index contributed by atoms with van der Waals surface area (Å²) in [5.41, 5.74) is -0.486. The summed E-state index contributed by atoms with van der Waals surface area (Å²) in [7, 11) is 0. The summed E-state index contributed by atoms with van der Waals surface area (Å²) in [6.45, 7) is 3.60. The number of hydrogen-bond acceptors (Lipinski definition) is 2. The minimum atomic E-state index is -0.992. The van der Waals surface area contributed by atoms with Crippen molar-refractivity contribution in [2.75, 3.05) is 0 Å². The van der Waals surface area contributed by atoms with Crippen molar-refractivity contribution in [3.05, 3.63) is 67.5 Å². The molecule has 0 N–H and O–H groups in total. The van der Waals surface area contributed by atoms with Gasteiger partial charge in [-0.3, -0.25) is 9.59 Å². The number of aryl methyl sites for hydroxylation is 1. The first-order valence-corrected chi connectivity index (χ1v) is 8.07. The van der Waals surface area contributed by atoms with Crippen LogP contribution in [0.4, 0.5) is 8.78 Å². The minimum Gasteiger partial charge on any atom is -0.313 e. The fourth-order valence-corrected chi connectivity index (χ4v) is 2.69. The lowest BCUT2D eigenvalue weighted by atomic mass is 9.97. The number of benzene rings is 1. The third kappa shape index (κ3) is 3.58. The molecule has 2 rings (SSSR count). The fraction of sp³-hybridized carbons (Fsp3) is 0.294. The Labute approximate surface area is 141 Å². The number of aromatic nitrogens is 1. The van der Waals surface area contributed by atoms with Crippen molar-refractivity contribution in [1.82, 2.24) is 4.57 Å². The molecular weight excluding hydrogens is 368 g/mol. The third-order valence-corrected chi connectivity index (χ3v) is 4.16. The highest BCUT2D eigenvalue weighted by Crippen LogP contribution is 2.22. The van der Waals surface area contributed by atoms with Gasteiger partial charge in [0.25, 0.3) is 5.56 Å². The summed E-state index contributed by atoms with van der Waals surface area (Å²) < 4.78 is 30.2. The molecular formula is C17H16BrF2NO2. The summed E-state index contributed by atoms with van der Waals surface area (Å²) in [5.74, 6) is -1.79. The van der Waals surface area contributed by atoms with Gasteiger partial charge in [0.2, 0.25) is 0 Å². The van der Waals surface area contributed by atoms with E-state index in [1.165, 1.54) is 18.3 Å². The standard InChI is InChI=1S/C17H16BrF2NO2/c1-3-15(22)13-9-21(4-2)17(23)16(20)12(13)7-10-5-6-11(18)8-14(10)19/h5-6,8-9H,3-4,7H2,1-2H3. The number of Topliss-reactive ketones (excluding diaryl/α,β-unsaturated/α-hetero) is 1. The lowest BCUT2D eigenvalue weighted by molar-refractivity contribution is 0.0986. The minimum absolute atomic E-state index is 0.0484. The van der Waals surface area contributed by atoms with Gasteiger partial charge in [0.05, 0.1) is 0 Å². The molecule has 0 saturated heterocycles. The Hall–Kier alpha value is -1.82. The zero-order valence-electron chi connectivity index (χ0n) is 12.8. The maximum absolute atomic E-state index is 14.5. The maximum Gasteiger partial charge on any atom is 0.286 e. The number of carbonyl (C=O) groups is 1. The van der Waals surface area contributed by atoms with E-state index in [-0.39, 0.29) is 41.9 Å². The van der Waals surface area contributed by atoms with Gasteiger partial charge < -0.3 is 4.57 Å². The van der Waals surface area contributed by atoms with E-state index in [2.05, 4.69) is 15.9 Å². The molecule has 0 aliphatic carbocycles. The molecule has 1 aromatic heterocycles. The summed E-state index contributed by atoms with van der Waals surface area (Å²) in [5, 5.41) is 0. The van der Waals surface area contributed by atoms with Gasteiger partial charge in [-0.1, -0.05) is 28.9 Å². The molecule has 0 spiro atoms. The van der Waals surface area contributed by atoms with Crippen LogP contribution in [0.5, 0.6) is 0 Å². The van der Waals surface area contributed by atoms with Crippen molar-refractivity contribution in [2.45, 2.75) is 33.2 Å². The van der Waals surface area contributed by atoms with Gasteiger partial charge in [-0.15, -0.1) is 0 Å². The number of carbonyl (C=O) groups excluding carboxylic acids is 1. The van der Waals surface area contributed by atoms with Crippen molar-refractivity contribution in [3.8, 4) is 0 Å². The number of hydrogen-bond donors (Lipinski definition) is 0. The number of pyridine rings is 1. The van der Waals surface area contributed by atoms with Crippen molar-refractivity contribution >= 4 is 21.7 Å². The first-order valence-electron chi connectivity index (χ1n) is 7.27. The van der Waals surface area contributed by atoms with Gasteiger partial charge in [0, 0.05) is 41.2 Å². The van der Waals surface area contributed by atoms with Gasteiger partial charge in [0.15, 0.2) is 11.6 Å². The van der Waals surface area contributed by atoms with E-state index in [0.717, 1.165) is 4.57 Å². The molecule has 0 bridgehead atoms. The van der Waals surface area contributed by atoms with Crippen molar-refractivity contribution in [2.24, 2.45) is 0 Å². The number of nitrogens with zero attached hydrogens (tertiary/aromatic N) is 1. The number of ketones is 1. The molecule has 3 nitrogen and oxygen atoms in total. The molecule has 2 aromatic rings. The average molecular weight is 384 g/mol. The highest BCUT2D eigenvalue weighted by molar-refractivity contribution is 9.10. The molecule has 0 atom stereocenters. The molecule has 6 heteroatoms. The van der Waals surface area contributed by atoms with Crippen LogP contribution in [0.25, 0.3) is 0 Å². The van der Waals surface area contributed by atoms with Crippen LogP contribution in [0.1, 0.15) is 41.8 Å². The second kappa shape index (κ2) is 7.17. The molecule has 0 aliphatic heterocycles. The molecule has 23 heavy (non-hydrogen) atoms. The van der Waals surface area contributed by atoms with Crippen molar-refractivity contribution in [1.29, 1.82) is 0 Å². The first kappa shape index (κ1) is 17.5. The second-order valence-corrected chi connectivity index (χ2v) is 6.03. The van der Waals surface area contributed by atoms with E-state index < -0.39 is 17.2 Å². The summed E-state index contributed by atoms with van der Waals surface area (Å²) in [4.78, 5) is 24.1. The van der Waals surface area contributed by atoms with Gasteiger partial charge >= 0.3 is 0 Å². The molecule has 0 unspecified atom stereocenters. The zero-order chi connectivity index (χ0) is 17.1. The van der Waals surface area contributed by atoms with Gasteiger partial charge in [0.1, 0.15) is 5.82 Å². The number of rotatable bonds is 5. The third-order valence-electron chi connectivity index (χ3n) is 3.67. The van der Waals surface area contributed by atoms with Gasteiger partial charge in [-0.25, -0.2) is 8.78 Å². The normalized spacial score (nSPS) is 10.8. The van der Waals surface area contributed by atoms with Gasteiger partial charge in [-0.2, -0.15) is 0 Å². The van der Waals surface area contributed by atoms with E-state index >= 15 is 0 Å². The largest absolute Gasteiger partial charge is 0.313 e. The summed E-state index contributed by atoms with van der Waals surface area (Å²) >= 11 is 3.15. The monoisotopic (exact) mass is 383 g/mol. The van der Waals surface area contributed by atoms with Crippen LogP contribution in [0, 0.1) is 11.6 Å². The van der Waals surface area contributed by atoms with E-state index in [1.54, 1.807) is 19.9 Å². The zero-order valence-corrected chi connectivity index (χ0v) is 14.4. The molecule has 1 heterocycles. The Balaban J connectivity index is 2.62. The van der Waals surface area contributed by atoms with Crippen LogP contribution in [-0.2, 0) is 13.0 Å². The van der Waals surface area contributed by atoms with Crippen LogP contribution in [0.2, 0.25) is 0 Å². The Bertz CT molecular complexity index is 815. The predicted molar refractivity (Wildman–Crippen MR) is 87.9 cm³/mol. The Morgan fingerprint density at radius 3 is 2.52 bits per heavy atom. The quantitative estimate of drug-likeness (QED) is 0.729. The Morgan fingerprint density at radius 1 is 1.26 bits per heavy atom. The van der Waals surface area contributed by atoms with Crippen LogP contribution in [-0.4, -0.2) is 10.4 Å². The van der Waals surface area contributed by atoms with E-state index in [9.17, 15) is 18.4 Å². The molecule has 0 amide bonds. The fourth-order valence-electron chi connectivity index (χ4n) is 2.36. The Kier molecular flexibility index (Phi) is 5.46. The van der Waals surface area contributed by atoms with Crippen LogP contribution >= 0.6 is 15.9 Å². The summed E-state index contributed by atoms with van der Waals surface area (Å²) in [6.07, 6.45) is 1.40. The van der Waals surface area contributed by atoms with E-state index in [4.69, 9.17) is 0 Å². The molecule has 1 aromatic carbocycles. The smallest absolute Gasteiger partial charge is 0.286 e. The highest BCUT2D eigenvalue weighted by Gasteiger charge is 2.20. The lowest BCUT2D eigenvalue weighted by Crippen LogP contribution is -2.26. The lowest BCUT2D eigenvalue weighted by Gasteiger charge is -2.13. The molecule has 0 radical (unpaired) electrons. The highest BCUT2D eigenvalue weighted by atomic mass is 79.9.